The quantitative estimate of drug-likeness (QED) is 0.447. The summed E-state index contributed by atoms with van der Waals surface area (Å²) in [6.07, 6.45) is 1.77. The summed E-state index contributed by atoms with van der Waals surface area (Å²) in [4.78, 5) is 0. The summed E-state index contributed by atoms with van der Waals surface area (Å²) >= 11 is 5.92. The molecule has 0 radical (unpaired) electrons. The first-order valence-electron chi connectivity index (χ1n) is 10.6. The molecule has 3 aromatic rings. The third-order valence-corrected chi connectivity index (χ3v) is 7.34. The second-order valence-corrected chi connectivity index (χ2v) is 10.4. The molecule has 4 rings (SSSR count). The Balaban J connectivity index is 1.70. The molecule has 1 saturated heterocycles. The van der Waals surface area contributed by atoms with Gasteiger partial charge in [0.15, 0.2) is 21.5 Å². The number of methoxy groups -OCH3 is 2. The van der Waals surface area contributed by atoms with Gasteiger partial charge < -0.3 is 14.2 Å². The Labute approximate surface area is 198 Å². The van der Waals surface area contributed by atoms with E-state index in [1.807, 2.05) is 12.1 Å². The highest BCUT2D eigenvalue weighted by Gasteiger charge is 2.30. The topological polar surface area (TPSA) is 92.5 Å². The molecule has 0 bridgehead atoms. The fourth-order valence-corrected chi connectivity index (χ4v) is 5.30. The molecule has 0 N–H and O–H groups in total. The number of hydrogen-bond donors (Lipinski definition) is 0. The van der Waals surface area contributed by atoms with E-state index in [2.05, 4.69) is 10.2 Å². The highest BCUT2D eigenvalue weighted by atomic mass is 35.5. The average molecular weight is 492 g/mol. The van der Waals surface area contributed by atoms with Crippen molar-refractivity contribution in [1.29, 1.82) is 0 Å². The summed E-state index contributed by atoms with van der Waals surface area (Å²) in [7, 11) is -0.397. The van der Waals surface area contributed by atoms with E-state index in [0.29, 0.717) is 46.9 Å². The van der Waals surface area contributed by atoms with Gasteiger partial charge in [-0.05, 0) is 49.1 Å². The zero-order valence-corrected chi connectivity index (χ0v) is 20.1. The third-order valence-electron chi connectivity index (χ3n) is 5.56. The second-order valence-electron chi connectivity index (χ2n) is 7.79. The molecule has 2 aromatic carbocycles. The van der Waals surface area contributed by atoms with Gasteiger partial charge in [-0.3, -0.25) is 4.57 Å². The van der Waals surface area contributed by atoms with Crippen molar-refractivity contribution >= 4 is 21.4 Å². The van der Waals surface area contributed by atoms with E-state index < -0.39 is 9.84 Å². The zero-order valence-electron chi connectivity index (χ0n) is 18.5. The van der Waals surface area contributed by atoms with Crippen LogP contribution in [0.25, 0.3) is 5.69 Å². The standard InChI is InChI=1S/C23H26ClN3O5S/c1-30-18-5-3-6-19(31-2)22(18)27-21(25-26-23(27)20-7-4-13-32-20)15-33(28,29)14-12-16-8-10-17(24)11-9-16/h3,5-6,8-11,20H,4,7,12-15H2,1-2H3/t20-/m1/s1. The average Bonchev–Trinajstić information content (AvgIpc) is 3.48. The molecule has 0 saturated carbocycles. The van der Waals surface area contributed by atoms with Crippen molar-refractivity contribution in [2.75, 3.05) is 26.6 Å². The highest BCUT2D eigenvalue weighted by Crippen LogP contribution is 2.37. The van der Waals surface area contributed by atoms with E-state index >= 15 is 0 Å². The van der Waals surface area contributed by atoms with Gasteiger partial charge in [0, 0.05) is 11.6 Å². The molecule has 10 heteroatoms. The van der Waals surface area contributed by atoms with Gasteiger partial charge in [-0.15, -0.1) is 10.2 Å². The monoisotopic (exact) mass is 491 g/mol. The van der Waals surface area contributed by atoms with Crippen LogP contribution in [-0.4, -0.2) is 49.8 Å². The number of aryl methyl sites for hydroxylation is 1. The van der Waals surface area contributed by atoms with E-state index in [1.54, 1.807) is 49.1 Å². The van der Waals surface area contributed by atoms with Crippen LogP contribution in [0.4, 0.5) is 0 Å². The van der Waals surface area contributed by atoms with Crippen molar-refractivity contribution in [2.45, 2.75) is 31.1 Å². The Kier molecular flexibility index (Phi) is 7.21. The Bertz CT molecular complexity index is 1180. The smallest absolute Gasteiger partial charge is 0.167 e. The molecule has 1 aliphatic rings. The van der Waals surface area contributed by atoms with Gasteiger partial charge in [-0.25, -0.2) is 8.42 Å². The first-order valence-corrected chi connectivity index (χ1v) is 12.8. The summed E-state index contributed by atoms with van der Waals surface area (Å²) in [5.74, 6) is 1.57. The molecule has 0 spiro atoms. The number of ether oxygens (including phenoxy) is 3. The van der Waals surface area contributed by atoms with Gasteiger partial charge in [-0.2, -0.15) is 0 Å². The van der Waals surface area contributed by atoms with E-state index in [4.69, 9.17) is 25.8 Å². The minimum atomic E-state index is -3.50. The molecule has 1 fully saturated rings. The zero-order chi connectivity index (χ0) is 23.4. The molecule has 1 atom stereocenters. The van der Waals surface area contributed by atoms with Crippen molar-refractivity contribution in [3.63, 3.8) is 0 Å². The van der Waals surface area contributed by atoms with Crippen LogP contribution in [-0.2, 0) is 26.7 Å². The molecule has 1 aromatic heterocycles. The lowest BCUT2D eigenvalue weighted by Gasteiger charge is -2.19. The van der Waals surface area contributed by atoms with Crippen molar-refractivity contribution < 1.29 is 22.6 Å². The Morgan fingerprint density at radius 2 is 1.79 bits per heavy atom. The van der Waals surface area contributed by atoms with Gasteiger partial charge in [0.1, 0.15) is 29.0 Å². The maximum atomic E-state index is 13.1. The Hall–Kier alpha value is -2.62. The van der Waals surface area contributed by atoms with Crippen LogP contribution in [0.5, 0.6) is 11.5 Å². The molecule has 0 amide bonds. The summed E-state index contributed by atoms with van der Waals surface area (Å²) in [5, 5.41) is 9.21. The normalized spacial score (nSPS) is 16.2. The first-order chi connectivity index (χ1) is 15.9. The van der Waals surface area contributed by atoms with Crippen LogP contribution in [0, 0.1) is 0 Å². The fourth-order valence-electron chi connectivity index (χ4n) is 3.90. The third kappa shape index (κ3) is 5.31. The summed E-state index contributed by atoms with van der Waals surface area (Å²) in [6.45, 7) is 0.620. The highest BCUT2D eigenvalue weighted by molar-refractivity contribution is 7.90. The number of hydrogen-bond acceptors (Lipinski definition) is 7. The number of sulfone groups is 1. The number of nitrogens with zero attached hydrogens (tertiary/aromatic N) is 3. The Morgan fingerprint density at radius 3 is 2.39 bits per heavy atom. The number of para-hydroxylation sites is 1. The van der Waals surface area contributed by atoms with Crippen LogP contribution >= 0.6 is 11.6 Å². The molecule has 0 aliphatic carbocycles. The lowest BCUT2D eigenvalue weighted by molar-refractivity contribution is 0.103. The SMILES string of the molecule is COc1cccc(OC)c1-n1c(CS(=O)(=O)CCc2ccc(Cl)cc2)nnc1[C@H]1CCCO1. The molecule has 8 nitrogen and oxygen atoms in total. The van der Waals surface area contributed by atoms with Gasteiger partial charge in [0.25, 0.3) is 0 Å². The molecular formula is C23H26ClN3O5S. The van der Waals surface area contributed by atoms with Crippen molar-refractivity contribution in [3.05, 3.63) is 64.7 Å². The van der Waals surface area contributed by atoms with Crippen LogP contribution in [0.3, 0.4) is 0 Å². The van der Waals surface area contributed by atoms with Crippen molar-refractivity contribution in [2.24, 2.45) is 0 Å². The van der Waals surface area contributed by atoms with E-state index in [0.717, 1.165) is 18.4 Å². The summed E-state index contributed by atoms with van der Waals surface area (Å²) < 4.78 is 44.8. The van der Waals surface area contributed by atoms with Gasteiger partial charge >= 0.3 is 0 Å². The van der Waals surface area contributed by atoms with E-state index in [-0.39, 0.29) is 17.6 Å². The van der Waals surface area contributed by atoms with Crippen LogP contribution in [0.2, 0.25) is 5.02 Å². The maximum absolute atomic E-state index is 13.1. The molecule has 33 heavy (non-hydrogen) atoms. The summed E-state index contributed by atoms with van der Waals surface area (Å²) in [6, 6.07) is 12.5. The predicted octanol–water partition coefficient (Wildman–Crippen LogP) is 3.95. The van der Waals surface area contributed by atoms with Gasteiger partial charge in [0.2, 0.25) is 0 Å². The molecule has 2 heterocycles. The van der Waals surface area contributed by atoms with Crippen LogP contribution in [0.1, 0.15) is 36.2 Å². The lowest BCUT2D eigenvalue weighted by atomic mass is 10.2. The second kappa shape index (κ2) is 10.1. The molecule has 1 aliphatic heterocycles. The number of rotatable bonds is 9. The van der Waals surface area contributed by atoms with Crippen molar-refractivity contribution in [3.8, 4) is 17.2 Å². The predicted molar refractivity (Wildman–Crippen MR) is 125 cm³/mol. The van der Waals surface area contributed by atoms with Crippen LogP contribution in [0.15, 0.2) is 42.5 Å². The number of benzene rings is 2. The molecular weight excluding hydrogens is 466 g/mol. The molecule has 0 unspecified atom stereocenters. The number of halogens is 1. The van der Waals surface area contributed by atoms with Crippen molar-refractivity contribution in [1.82, 2.24) is 14.8 Å². The van der Waals surface area contributed by atoms with Gasteiger partial charge in [-0.1, -0.05) is 29.8 Å². The largest absolute Gasteiger partial charge is 0.494 e. The minimum Gasteiger partial charge on any atom is -0.494 e. The van der Waals surface area contributed by atoms with E-state index in [9.17, 15) is 8.42 Å². The lowest BCUT2D eigenvalue weighted by Crippen LogP contribution is -2.17. The van der Waals surface area contributed by atoms with Gasteiger partial charge in [0.05, 0.1) is 20.0 Å². The molecule has 176 valence electrons. The van der Waals surface area contributed by atoms with E-state index in [1.165, 1.54) is 0 Å². The minimum absolute atomic E-state index is 0.0280. The Morgan fingerprint density at radius 1 is 1.09 bits per heavy atom. The fraction of sp³-hybridized carbons (Fsp3) is 0.391. The maximum Gasteiger partial charge on any atom is 0.167 e. The summed E-state index contributed by atoms with van der Waals surface area (Å²) in [5.41, 5.74) is 1.46. The number of aromatic nitrogens is 3. The first kappa shape index (κ1) is 23.5. The van der Waals surface area contributed by atoms with Crippen LogP contribution < -0.4 is 9.47 Å².